The molecule has 0 aromatic heterocycles. The van der Waals surface area contributed by atoms with Gasteiger partial charge in [-0.2, -0.15) is 0 Å². The highest BCUT2D eigenvalue weighted by Crippen LogP contribution is 2.31. The Morgan fingerprint density at radius 2 is 1.80 bits per heavy atom. The lowest BCUT2D eigenvalue weighted by atomic mass is 10.2. The van der Waals surface area contributed by atoms with Crippen LogP contribution < -0.4 is 0 Å². The van der Waals surface area contributed by atoms with Gasteiger partial charge in [-0.15, -0.1) is 0 Å². The third-order valence-corrected chi connectivity index (χ3v) is 4.97. The maximum atomic E-state index is 12.2. The number of fused-ring (bicyclic) bond motifs is 1. The molecule has 1 aromatic carbocycles. The number of rotatable bonds is 3. The van der Waals surface area contributed by atoms with Crippen LogP contribution in [0.1, 0.15) is 16.8 Å². The predicted molar refractivity (Wildman–Crippen MR) is 78.7 cm³/mol. The molecule has 0 fully saturated rings. The smallest absolute Gasteiger partial charge is 0.268 e. The lowest BCUT2D eigenvalue weighted by Gasteiger charge is -2.12. The Bertz CT molecular complexity index is 665. The van der Waals surface area contributed by atoms with Crippen LogP contribution in [0.3, 0.4) is 0 Å². The van der Waals surface area contributed by atoms with Gasteiger partial charge in [-0.1, -0.05) is 59.1 Å². The van der Waals surface area contributed by atoms with Crippen molar-refractivity contribution in [3.8, 4) is 0 Å². The molecule has 8 heteroatoms. The SMILES string of the molecule is O=C1c2ccccc2S(=O)(=O)N1C/C=C/CC(Cl)(Cl)Cl. The summed E-state index contributed by atoms with van der Waals surface area (Å²) in [6.45, 7) is -0.0867. The van der Waals surface area contributed by atoms with Crippen molar-refractivity contribution in [2.24, 2.45) is 0 Å². The molecule has 0 spiro atoms. The number of carbonyl (C=O) groups excluding carboxylic acids is 1. The first-order chi connectivity index (χ1) is 9.23. The number of sulfonamides is 1. The number of alkyl halides is 3. The van der Waals surface area contributed by atoms with Gasteiger partial charge in [-0.3, -0.25) is 4.79 Å². The van der Waals surface area contributed by atoms with Crippen LogP contribution in [0.25, 0.3) is 0 Å². The third kappa shape index (κ3) is 3.11. The van der Waals surface area contributed by atoms with Crippen LogP contribution in [0.4, 0.5) is 0 Å². The van der Waals surface area contributed by atoms with Crippen molar-refractivity contribution in [3.05, 3.63) is 42.0 Å². The molecule has 1 amide bonds. The molecule has 0 saturated carbocycles. The summed E-state index contributed by atoms with van der Waals surface area (Å²) in [7, 11) is -3.78. The second-order valence-corrected chi connectivity index (χ2v) is 8.47. The Labute approximate surface area is 132 Å². The molecule has 0 saturated heterocycles. The van der Waals surface area contributed by atoms with Gasteiger partial charge in [-0.05, 0) is 12.1 Å². The summed E-state index contributed by atoms with van der Waals surface area (Å²) >= 11 is 16.7. The minimum Gasteiger partial charge on any atom is -0.268 e. The van der Waals surface area contributed by atoms with Gasteiger partial charge in [0, 0.05) is 6.42 Å². The van der Waals surface area contributed by atoms with Crippen LogP contribution in [0, 0.1) is 0 Å². The Hall–Kier alpha value is -0.750. The molecule has 0 N–H and O–H groups in total. The van der Waals surface area contributed by atoms with E-state index in [9.17, 15) is 13.2 Å². The normalized spacial score (nSPS) is 17.8. The van der Waals surface area contributed by atoms with Crippen LogP contribution in [-0.4, -0.2) is 29.0 Å². The van der Waals surface area contributed by atoms with Gasteiger partial charge < -0.3 is 0 Å². The summed E-state index contributed by atoms with van der Waals surface area (Å²) in [5, 5.41) is 0. The zero-order chi connectivity index (χ0) is 15.0. The number of carbonyl (C=O) groups is 1. The van der Waals surface area contributed by atoms with Crippen LogP contribution in [0.2, 0.25) is 0 Å². The molecule has 0 atom stereocenters. The van der Waals surface area contributed by atoms with Crippen molar-refractivity contribution < 1.29 is 13.2 Å². The van der Waals surface area contributed by atoms with E-state index in [-0.39, 0.29) is 23.4 Å². The monoisotopic (exact) mass is 353 g/mol. The largest absolute Gasteiger partial charge is 0.269 e. The Kier molecular flexibility index (Phi) is 4.35. The highest BCUT2D eigenvalue weighted by Gasteiger charge is 2.39. The van der Waals surface area contributed by atoms with Crippen molar-refractivity contribution in [1.82, 2.24) is 4.31 Å². The second kappa shape index (κ2) is 5.56. The number of hydrogen-bond donors (Lipinski definition) is 0. The van der Waals surface area contributed by atoms with Gasteiger partial charge in [0.05, 0.1) is 12.1 Å². The summed E-state index contributed by atoms with van der Waals surface area (Å²) in [4.78, 5) is 12.1. The van der Waals surface area contributed by atoms with E-state index < -0.39 is 19.7 Å². The molecule has 0 aliphatic carbocycles. The lowest BCUT2D eigenvalue weighted by Crippen LogP contribution is -2.30. The highest BCUT2D eigenvalue weighted by atomic mass is 35.6. The van der Waals surface area contributed by atoms with Gasteiger partial charge in [-0.25, -0.2) is 12.7 Å². The maximum absolute atomic E-state index is 12.2. The van der Waals surface area contributed by atoms with Crippen molar-refractivity contribution >= 4 is 50.7 Å². The van der Waals surface area contributed by atoms with E-state index >= 15 is 0 Å². The fourth-order valence-corrected chi connectivity index (χ4v) is 3.59. The number of hydrogen-bond acceptors (Lipinski definition) is 3. The van der Waals surface area contributed by atoms with E-state index in [0.717, 1.165) is 4.31 Å². The summed E-state index contributed by atoms with van der Waals surface area (Å²) in [6, 6.07) is 6.09. The quantitative estimate of drug-likeness (QED) is 0.619. The molecule has 0 unspecified atom stereocenters. The topological polar surface area (TPSA) is 54.5 Å². The van der Waals surface area contributed by atoms with Gasteiger partial charge >= 0.3 is 0 Å². The van der Waals surface area contributed by atoms with E-state index in [0.29, 0.717) is 0 Å². The summed E-state index contributed by atoms with van der Waals surface area (Å²) in [5.41, 5.74) is 0.183. The van der Waals surface area contributed by atoms with Crippen molar-refractivity contribution in [2.45, 2.75) is 15.1 Å². The molecule has 2 rings (SSSR count). The minimum absolute atomic E-state index is 0.0276. The fraction of sp³-hybridized carbons (Fsp3) is 0.250. The lowest BCUT2D eigenvalue weighted by molar-refractivity contribution is 0.0880. The number of allylic oxidation sites excluding steroid dienone is 1. The molecule has 1 aliphatic rings. The Morgan fingerprint density at radius 1 is 1.15 bits per heavy atom. The van der Waals surface area contributed by atoms with Crippen LogP contribution in [-0.2, 0) is 10.0 Å². The summed E-state index contributed by atoms with van der Waals surface area (Å²) < 4.78 is 23.7. The molecule has 0 radical (unpaired) electrons. The average Bonchev–Trinajstić information content (AvgIpc) is 2.54. The molecule has 4 nitrogen and oxygen atoms in total. The first kappa shape index (κ1) is 15.6. The van der Waals surface area contributed by atoms with E-state index in [2.05, 4.69) is 0 Å². The number of benzene rings is 1. The van der Waals surface area contributed by atoms with Crippen LogP contribution >= 0.6 is 34.8 Å². The molecule has 20 heavy (non-hydrogen) atoms. The minimum atomic E-state index is -3.78. The fourth-order valence-electron chi connectivity index (χ4n) is 1.80. The number of nitrogens with zero attached hydrogens (tertiary/aromatic N) is 1. The van der Waals surface area contributed by atoms with E-state index in [4.69, 9.17) is 34.8 Å². The van der Waals surface area contributed by atoms with E-state index in [1.807, 2.05) is 0 Å². The van der Waals surface area contributed by atoms with Gasteiger partial charge in [0.15, 0.2) is 3.79 Å². The molecule has 1 heterocycles. The van der Waals surface area contributed by atoms with Gasteiger partial charge in [0.1, 0.15) is 4.90 Å². The zero-order valence-electron chi connectivity index (χ0n) is 10.1. The first-order valence-electron chi connectivity index (χ1n) is 5.61. The number of amides is 1. The van der Waals surface area contributed by atoms with Gasteiger partial charge in [0.2, 0.25) is 0 Å². The second-order valence-electron chi connectivity index (χ2n) is 4.13. The standard InChI is InChI=1S/C12H10Cl3NO3S/c13-12(14,15)7-3-4-8-16-11(17)9-5-1-2-6-10(9)20(16,18)19/h1-6H,7-8H2/b4-3+. The molecule has 0 bridgehead atoms. The summed E-state index contributed by atoms with van der Waals surface area (Å²) in [6.07, 6.45) is 3.15. The van der Waals surface area contributed by atoms with Crippen molar-refractivity contribution in [2.75, 3.05) is 6.54 Å². The molecular formula is C12H10Cl3NO3S. The molecule has 1 aliphatic heterocycles. The van der Waals surface area contributed by atoms with Crippen LogP contribution in [0.5, 0.6) is 0 Å². The predicted octanol–water partition coefficient (Wildman–Crippen LogP) is 3.15. The molecular weight excluding hydrogens is 345 g/mol. The average molecular weight is 355 g/mol. The Morgan fingerprint density at radius 3 is 2.40 bits per heavy atom. The molecule has 108 valence electrons. The maximum Gasteiger partial charge on any atom is 0.269 e. The zero-order valence-corrected chi connectivity index (χ0v) is 13.2. The van der Waals surface area contributed by atoms with Gasteiger partial charge in [0.25, 0.3) is 15.9 Å². The Balaban J connectivity index is 2.18. The number of halogens is 3. The molecule has 1 aromatic rings. The summed E-state index contributed by atoms with van der Waals surface area (Å²) in [5.74, 6) is -0.542. The third-order valence-electron chi connectivity index (χ3n) is 2.70. The highest BCUT2D eigenvalue weighted by molar-refractivity contribution is 7.90. The van der Waals surface area contributed by atoms with Crippen LogP contribution in [0.15, 0.2) is 41.3 Å². The first-order valence-corrected chi connectivity index (χ1v) is 8.19. The van der Waals surface area contributed by atoms with Crippen molar-refractivity contribution in [3.63, 3.8) is 0 Å². The van der Waals surface area contributed by atoms with Crippen molar-refractivity contribution in [1.29, 1.82) is 0 Å². The van der Waals surface area contributed by atoms with E-state index in [1.54, 1.807) is 12.1 Å². The van der Waals surface area contributed by atoms with E-state index in [1.165, 1.54) is 24.3 Å².